The molecule has 3 rings (SSSR count). The molecule has 1 unspecified atom stereocenters. The Labute approximate surface area is 158 Å². The van der Waals surface area contributed by atoms with Crippen molar-refractivity contribution in [2.45, 2.75) is 37.5 Å². The maximum absolute atomic E-state index is 14.2. The van der Waals surface area contributed by atoms with Gasteiger partial charge in [-0.15, -0.1) is 0 Å². The van der Waals surface area contributed by atoms with Gasteiger partial charge in [-0.1, -0.05) is 17.7 Å². The molecule has 26 heavy (non-hydrogen) atoms. The molecular weight excluding hydrogens is 361 g/mol. The van der Waals surface area contributed by atoms with E-state index in [1.165, 1.54) is 12.1 Å². The summed E-state index contributed by atoms with van der Waals surface area (Å²) < 4.78 is 31.2. The Morgan fingerprint density at radius 3 is 2.58 bits per heavy atom. The molecule has 1 saturated carbocycles. The summed E-state index contributed by atoms with van der Waals surface area (Å²) >= 11 is 6.13. The summed E-state index contributed by atoms with van der Waals surface area (Å²) in [5.41, 5.74) is 0.152. The summed E-state index contributed by atoms with van der Waals surface area (Å²) in [6, 6.07) is 3.52. The topological polar surface area (TPSA) is 48.0 Å². The number of hydrogen-bond donors (Lipinski definition) is 0. The van der Waals surface area contributed by atoms with Gasteiger partial charge in [-0.3, -0.25) is 4.90 Å². The largest absolute Gasteiger partial charge is 0.464 e. The van der Waals surface area contributed by atoms with E-state index in [0.29, 0.717) is 19.8 Å². The zero-order valence-corrected chi connectivity index (χ0v) is 15.9. The van der Waals surface area contributed by atoms with Crippen LogP contribution in [0.2, 0.25) is 5.02 Å². The van der Waals surface area contributed by atoms with Crippen molar-refractivity contribution in [1.82, 2.24) is 4.90 Å². The van der Waals surface area contributed by atoms with E-state index in [0.717, 1.165) is 25.7 Å². The molecule has 0 radical (unpaired) electrons. The van der Waals surface area contributed by atoms with Crippen LogP contribution < -0.4 is 0 Å². The van der Waals surface area contributed by atoms with E-state index in [-0.39, 0.29) is 16.5 Å². The van der Waals surface area contributed by atoms with Crippen LogP contribution in [0.25, 0.3) is 0 Å². The van der Waals surface area contributed by atoms with Crippen LogP contribution in [0.15, 0.2) is 18.2 Å². The highest BCUT2D eigenvalue weighted by Gasteiger charge is 2.40. The molecule has 0 bridgehead atoms. The first-order chi connectivity index (χ1) is 12.4. The molecule has 1 aliphatic carbocycles. The second-order valence-electron chi connectivity index (χ2n) is 7.18. The molecule has 1 aromatic rings. The van der Waals surface area contributed by atoms with E-state index < -0.39 is 23.6 Å². The summed E-state index contributed by atoms with van der Waals surface area (Å²) in [5.74, 6) is -1.16. The molecule has 1 spiro atoms. The van der Waals surface area contributed by atoms with Crippen molar-refractivity contribution in [3.05, 3.63) is 34.6 Å². The van der Waals surface area contributed by atoms with E-state index in [1.807, 2.05) is 0 Å². The first kappa shape index (κ1) is 19.5. The van der Waals surface area contributed by atoms with Gasteiger partial charge >= 0.3 is 5.97 Å². The third-order valence-electron chi connectivity index (χ3n) is 5.15. The standard InChI is InChI=1S/C19H25ClFNO4/c1-22(2)17(16-14(20)4-3-5-15(16)21)18(23)24-12-13-6-8-19(9-7-13)25-10-11-26-19/h3-5,13,17H,6-12H2,1-2H3. The van der Waals surface area contributed by atoms with Crippen LogP contribution in [-0.4, -0.2) is 50.6 Å². The van der Waals surface area contributed by atoms with E-state index in [1.54, 1.807) is 25.1 Å². The fraction of sp³-hybridized carbons (Fsp3) is 0.632. The molecule has 0 N–H and O–H groups in total. The van der Waals surface area contributed by atoms with Crippen LogP contribution in [0.5, 0.6) is 0 Å². The highest BCUT2D eigenvalue weighted by atomic mass is 35.5. The van der Waals surface area contributed by atoms with Gasteiger partial charge in [0, 0.05) is 23.4 Å². The van der Waals surface area contributed by atoms with Crippen LogP contribution >= 0.6 is 11.6 Å². The lowest BCUT2D eigenvalue weighted by molar-refractivity contribution is -0.185. The van der Waals surface area contributed by atoms with Gasteiger partial charge in [0.25, 0.3) is 0 Å². The number of esters is 1. The van der Waals surface area contributed by atoms with Crippen LogP contribution in [0.1, 0.15) is 37.3 Å². The Morgan fingerprint density at radius 2 is 2.00 bits per heavy atom. The van der Waals surface area contributed by atoms with E-state index in [9.17, 15) is 9.18 Å². The van der Waals surface area contributed by atoms with Gasteiger partial charge in [-0.25, -0.2) is 9.18 Å². The van der Waals surface area contributed by atoms with Gasteiger partial charge in [-0.05, 0) is 45.0 Å². The summed E-state index contributed by atoms with van der Waals surface area (Å²) in [5, 5.41) is 0.218. The molecule has 1 aliphatic heterocycles. The molecule has 1 atom stereocenters. The number of ether oxygens (including phenoxy) is 3. The van der Waals surface area contributed by atoms with Gasteiger partial charge in [0.15, 0.2) is 5.79 Å². The zero-order valence-electron chi connectivity index (χ0n) is 15.2. The summed E-state index contributed by atoms with van der Waals surface area (Å²) in [6.45, 7) is 1.60. The highest BCUT2D eigenvalue weighted by Crippen LogP contribution is 2.38. The number of carbonyl (C=O) groups is 1. The number of likely N-dealkylation sites (N-methyl/N-ethyl adjacent to an activating group) is 1. The molecule has 7 heteroatoms. The van der Waals surface area contributed by atoms with Crippen LogP contribution in [0, 0.1) is 11.7 Å². The molecule has 0 aromatic heterocycles. The van der Waals surface area contributed by atoms with Crippen molar-refractivity contribution in [2.75, 3.05) is 33.9 Å². The van der Waals surface area contributed by atoms with Crippen molar-refractivity contribution in [2.24, 2.45) is 5.92 Å². The fourth-order valence-electron chi connectivity index (χ4n) is 3.71. The van der Waals surface area contributed by atoms with Crippen molar-refractivity contribution < 1.29 is 23.4 Å². The zero-order chi connectivity index (χ0) is 18.7. The van der Waals surface area contributed by atoms with E-state index in [2.05, 4.69) is 0 Å². The maximum atomic E-state index is 14.2. The molecule has 2 aliphatic rings. The number of halogens is 2. The molecule has 1 heterocycles. The third kappa shape index (κ3) is 4.19. The van der Waals surface area contributed by atoms with Crippen molar-refractivity contribution in [3.8, 4) is 0 Å². The lowest BCUT2D eigenvalue weighted by Crippen LogP contribution is -2.37. The number of rotatable bonds is 5. The van der Waals surface area contributed by atoms with E-state index in [4.69, 9.17) is 25.8 Å². The lowest BCUT2D eigenvalue weighted by Gasteiger charge is -2.35. The number of carbonyl (C=O) groups excluding carboxylic acids is 1. The van der Waals surface area contributed by atoms with Crippen molar-refractivity contribution >= 4 is 17.6 Å². The Morgan fingerprint density at radius 1 is 1.35 bits per heavy atom. The number of hydrogen-bond acceptors (Lipinski definition) is 5. The van der Waals surface area contributed by atoms with Crippen LogP contribution in [-0.2, 0) is 19.0 Å². The highest BCUT2D eigenvalue weighted by molar-refractivity contribution is 6.31. The lowest BCUT2D eigenvalue weighted by atomic mass is 9.85. The fourth-order valence-corrected chi connectivity index (χ4v) is 3.97. The minimum Gasteiger partial charge on any atom is -0.464 e. The van der Waals surface area contributed by atoms with Gasteiger partial charge in [0.05, 0.1) is 19.8 Å². The molecule has 144 valence electrons. The first-order valence-corrected chi connectivity index (χ1v) is 9.34. The predicted octanol–water partition coefficient (Wildman–Crippen LogP) is 3.56. The third-order valence-corrected chi connectivity index (χ3v) is 5.48. The van der Waals surface area contributed by atoms with Crippen LogP contribution in [0.3, 0.4) is 0 Å². The summed E-state index contributed by atoms with van der Waals surface area (Å²) in [6.07, 6.45) is 3.37. The first-order valence-electron chi connectivity index (χ1n) is 8.97. The summed E-state index contributed by atoms with van der Waals surface area (Å²) in [7, 11) is 3.40. The monoisotopic (exact) mass is 385 g/mol. The number of nitrogens with zero attached hydrogens (tertiary/aromatic N) is 1. The van der Waals surface area contributed by atoms with Gasteiger partial charge in [-0.2, -0.15) is 0 Å². The Hall–Kier alpha value is -1.21. The number of benzene rings is 1. The molecule has 5 nitrogen and oxygen atoms in total. The summed E-state index contributed by atoms with van der Waals surface area (Å²) in [4.78, 5) is 14.3. The van der Waals surface area contributed by atoms with Crippen LogP contribution in [0.4, 0.5) is 4.39 Å². The van der Waals surface area contributed by atoms with Gasteiger partial charge < -0.3 is 14.2 Å². The SMILES string of the molecule is CN(C)C(C(=O)OCC1CCC2(CC1)OCCO2)c1c(F)cccc1Cl. The smallest absolute Gasteiger partial charge is 0.328 e. The second kappa shape index (κ2) is 8.21. The predicted molar refractivity (Wildman–Crippen MR) is 95.4 cm³/mol. The second-order valence-corrected chi connectivity index (χ2v) is 7.59. The molecule has 1 saturated heterocycles. The van der Waals surface area contributed by atoms with E-state index >= 15 is 0 Å². The Kier molecular flexibility index (Phi) is 6.17. The Bertz CT molecular complexity index is 618. The average molecular weight is 386 g/mol. The minimum absolute atomic E-state index is 0.152. The minimum atomic E-state index is -0.875. The van der Waals surface area contributed by atoms with Gasteiger partial charge in [0.1, 0.15) is 11.9 Å². The normalized spacial score (nSPS) is 21.3. The average Bonchev–Trinajstić information content (AvgIpc) is 3.05. The molecular formula is C19H25ClFNO4. The maximum Gasteiger partial charge on any atom is 0.328 e. The molecule has 2 fully saturated rings. The Balaban J connectivity index is 1.59. The molecule has 1 aromatic carbocycles. The molecule has 0 amide bonds. The van der Waals surface area contributed by atoms with Crippen molar-refractivity contribution in [1.29, 1.82) is 0 Å². The quantitative estimate of drug-likeness (QED) is 0.725. The van der Waals surface area contributed by atoms with Crippen molar-refractivity contribution in [3.63, 3.8) is 0 Å². The van der Waals surface area contributed by atoms with Gasteiger partial charge in [0.2, 0.25) is 0 Å².